The summed E-state index contributed by atoms with van der Waals surface area (Å²) in [5.41, 5.74) is 1.15. The molecule has 0 spiro atoms. The van der Waals surface area contributed by atoms with E-state index in [1.165, 1.54) is 18.0 Å². The van der Waals surface area contributed by atoms with Gasteiger partial charge in [-0.15, -0.1) is 0 Å². The first-order valence-electron chi connectivity index (χ1n) is 5.78. The first-order chi connectivity index (χ1) is 10.0. The Balaban J connectivity index is 1.92. The third-order valence-electron chi connectivity index (χ3n) is 2.63. The van der Waals surface area contributed by atoms with Gasteiger partial charge >= 0.3 is 0 Å². The maximum absolute atomic E-state index is 9.91. The number of hydrogen-bond acceptors (Lipinski definition) is 5. The van der Waals surface area contributed by atoms with Crippen molar-refractivity contribution in [1.29, 1.82) is 0 Å². The van der Waals surface area contributed by atoms with Crippen LogP contribution in [0.1, 0.15) is 0 Å². The second-order valence-corrected chi connectivity index (χ2v) is 6.38. The van der Waals surface area contributed by atoms with Crippen LogP contribution in [0.25, 0.3) is 0 Å². The van der Waals surface area contributed by atoms with Crippen LogP contribution in [0.4, 0.5) is 11.4 Å². The summed E-state index contributed by atoms with van der Waals surface area (Å²) in [7, 11) is 0. The smallest absolute Gasteiger partial charge is 0.211 e. The Hall–Kier alpha value is -1.27. The molecule has 1 aliphatic rings. The summed E-state index contributed by atoms with van der Waals surface area (Å²) < 4.78 is 3.02. The highest BCUT2D eigenvalue weighted by Crippen LogP contribution is 2.41. The molecule has 0 radical (unpaired) electrons. The molecular weight excluding hydrogens is 353 g/mol. The van der Waals surface area contributed by atoms with E-state index in [0.717, 1.165) is 4.90 Å². The van der Waals surface area contributed by atoms with Crippen LogP contribution in [0.5, 0.6) is 5.75 Å². The fraction of sp³-hybridized carbons (Fsp3) is 0. The van der Waals surface area contributed by atoms with Crippen molar-refractivity contribution < 1.29 is 5.11 Å². The molecule has 0 aliphatic carbocycles. The van der Waals surface area contributed by atoms with Gasteiger partial charge in [-0.1, -0.05) is 34.8 Å². The number of halogens is 3. The largest absolute Gasteiger partial charge is 0.506 e. The van der Waals surface area contributed by atoms with Gasteiger partial charge in [0, 0.05) is 26.8 Å². The van der Waals surface area contributed by atoms with Crippen molar-refractivity contribution in [2.45, 2.75) is 4.90 Å². The number of fused-ring (bicyclic) bond motifs is 1. The van der Waals surface area contributed by atoms with Crippen LogP contribution in [0, 0.1) is 0 Å². The molecule has 0 atom stereocenters. The molecule has 4 nitrogen and oxygen atoms in total. The minimum Gasteiger partial charge on any atom is -0.506 e. The molecule has 0 fully saturated rings. The highest BCUT2D eigenvalue weighted by atomic mass is 35.5. The van der Waals surface area contributed by atoms with Gasteiger partial charge in [0.1, 0.15) is 11.4 Å². The lowest BCUT2D eigenvalue weighted by atomic mass is 10.3. The van der Waals surface area contributed by atoms with Crippen molar-refractivity contribution in [3.05, 3.63) is 45.4 Å². The monoisotopic (exact) mass is 359 g/mol. The average Bonchev–Trinajstić information content (AvgIpc) is 2.38. The van der Waals surface area contributed by atoms with E-state index >= 15 is 0 Å². The molecule has 0 amide bonds. The van der Waals surface area contributed by atoms with Gasteiger partial charge in [0.15, 0.2) is 0 Å². The Bertz CT molecular complexity index is 731. The third kappa shape index (κ3) is 3.32. The summed E-state index contributed by atoms with van der Waals surface area (Å²) in [4.78, 5) is 5.06. The van der Waals surface area contributed by atoms with E-state index in [1.54, 1.807) is 24.3 Å². The summed E-state index contributed by atoms with van der Waals surface area (Å²) in [5.74, 6) is 0.485. The van der Waals surface area contributed by atoms with E-state index in [-0.39, 0.29) is 5.75 Å². The molecule has 3 N–H and O–H groups in total. The van der Waals surface area contributed by atoms with Crippen LogP contribution in [0.15, 0.2) is 40.2 Å². The fourth-order valence-electron chi connectivity index (χ4n) is 1.80. The zero-order valence-corrected chi connectivity index (χ0v) is 13.4. The van der Waals surface area contributed by atoms with E-state index in [4.69, 9.17) is 34.8 Å². The van der Waals surface area contributed by atoms with Crippen molar-refractivity contribution >= 4 is 64.1 Å². The Labute approximate surface area is 140 Å². The first kappa shape index (κ1) is 14.7. The Morgan fingerprint density at radius 1 is 1.00 bits per heavy atom. The van der Waals surface area contributed by atoms with Crippen LogP contribution >= 0.6 is 46.8 Å². The molecule has 8 heteroatoms. The van der Waals surface area contributed by atoms with E-state index in [2.05, 4.69) is 15.0 Å². The number of anilines is 1. The molecule has 0 saturated heterocycles. The van der Waals surface area contributed by atoms with Gasteiger partial charge in [0.05, 0.1) is 4.90 Å². The van der Waals surface area contributed by atoms with Crippen LogP contribution in [0.3, 0.4) is 0 Å². The molecule has 21 heavy (non-hydrogen) atoms. The minimum absolute atomic E-state index is 0.0231. The van der Waals surface area contributed by atoms with Gasteiger partial charge in [0.25, 0.3) is 0 Å². The molecule has 1 aliphatic heterocycles. The number of aliphatic imine (C=N–C) groups is 1. The number of rotatable bonds is 1. The van der Waals surface area contributed by atoms with Gasteiger partial charge in [-0.3, -0.25) is 4.72 Å². The standard InChI is InChI=1S/C13H8Cl3N3OS/c14-6-1-7(15)3-9(2-6)17-13-18-12-10(20)4-8(16)5-11(12)21-19-13/h1-5,20H,(H2,17,18,19). The lowest BCUT2D eigenvalue weighted by Crippen LogP contribution is -2.26. The van der Waals surface area contributed by atoms with E-state index < -0.39 is 0 Å². The van der Waals surface area contributed by atoms with Crippen LogP contribution in [0.2, 0.25) is 15.1 Å². The summed E-state index contributed by atoms with van der Waals surface area (Å²) in [6, 6.07) is 8.26. The second-order valence-electron chi connectivity index (χ2n) is 4.22. The van der Waals surface area contributed by atoms with Gasteiger partial charge in [0.2, 0.25) is 5.96 Å². The molecule has 0 saturated carbocycles. The molecule has 0 bridgehead atoms. The number of nitrogens with one attached hydrogen (secondary N) is 2. The Kier molecular flexibility index (Phi) is 4.08. The molecule has 0 aromatic heterocycles. The second kappa shape index (κ2) is 5.85. The lowest BCUT2D eigenvalue weighted by Gasteiger charge is -2.18. The van der Waals surface area contributed by atoms with Gasteiger partial charge in [-0.05, 0) is 36.2 Å². The molecule has 1 heterocycles. The predicted molar refractivity (Wildman–Crippen MR) is 89.3 cm³/mol. The first-order valence-corrected chi connectivity index (χ1v) is 7.73. The Morgan fingerprint density at radius 2 is 1.67 bits per heavy atom. The van der Waals surface area contributed by atoms with Crippen molar-refractivity contribution in [1.82, 2.24) is 4.72 Å². The van der Waals surface area contributed by atoms with Gasteiger partial charge in [-0.2, -0.15) is 0 Å². The number of phenols is 1. The summed E-state index contributed by atoms with van der Waals surface area (Å²) in [6.07, 6.45) is 0. The zero-order chi connectivity index (χ0) is 15.0. The summed E-state index contributed by atoms with van der Waals surface area (Å²) in [6.45, 7) is 0. The highest BCUT2D eigenvalue weighted by molar-refractivity contribution is 7.98. The number of hydrogen-bond donors (Lipinski definition) is 3. The average molecular weight is 361 g/mol. The van der Waals surface area contributed by atoms with Crippen molar-refractivity contribution in [3.8, 4) is 5.75 Å². The van der Waals surface area contributed by atoms with Crippen LogP contribution in [-0.4, -0.2) is 11.1 Å². The topological polar surface area (TPSA) is 56.7 Å². The number of nitrogens with zero attached hydrogens (tertiary/aromatic N) is 1. The Morgan fingerprint density at radius 3 is 2.38 bits per heavy atom. The summed E-state index contributed by atoms with van der Waals surface area (Å²) >= 11 is 19.1. The number of phenolic OH excluding ortho intramolecular Hbond substituents is 1. The summed E-state index contributed by atoms with van der Waals surface area (Å²) in [5, 5.41) is 14.4. The van der Waals surface area contributed by atoms with Crippen molar-refractivity contribution in [2.24, 2.45) is 4.99 Å². The quantitative estimate of drug-likeness (QED) is 0.622. The minimum atomic E-state index is 0.0231. The van der Waals surface area contributed by atoms with Gasteiger partial charge < -0.3 is 10.4 Å². The maximum atomic E-state index is 9.91. The molecule has 0 unspecified atom stereocenters. The number of aromatic hydroxyl groups is 1. The third-order valence-corrected chi connectivity index (χ3v) is 4.11. The SMILES string of the molecule is Oc1cc(Cl)cc2c1N=C(Nc1cc(Cl)cc(Cl)c1)NS2. The van der Waals surface area contributed by atoms with E-state index in [9.17, 15) is 5.11 Å². The molecule has 108 valence electrons. The molecule has 2 aromatic rings. The van der Waals surface area contributed by atoms with E-state index in [1.807, 2.05) is 0 Å². The van der Waals surface area contributed by atoms with Crippen LogP contribution in [-0.2, 0) is 0 Å². The normalized spacial score (nSPS) is 13.2. The molecular formula is C13H8Cl3N3OS. The maximum Gasteiger partial charge on any atom is 0.211 e. The predicted octanol–water partition coefficient (Wildman–Crippen LogP) is 5.06. The highest BCUT2D eigenvalue weighted by Gasteiger charge is 2.17. The zero-order valence-electron chi connectivity index (χ0n) is 10.3. The van der Waals surface area contributed by atoms with E-state index in [0.29, 0.717) is 32.4 Å². The van der Waals surface area contributed by atoms with Crippen LogP contribution < -0.4 is 10.0 Å². The lowest BCUT2D eigenvalue weighted by molar-refractivity contribution is 0.475. The van der Waals surface area contributed by atoms with Gasteiger partial charge in [-0.25, -0.2) is 4.99 Å². The van der Waals surface area contributed by atoms with Crippen molar-refractivity contribution in [3.63, 3.8) is 0 Å². The van der Waals surface area contributed by atoms with Crippen molar-refractivity contribution in [2.75, 3.05) is 5.32 Å². The molecule has 3 rings (SSSR count). The fourth-order valence-corrected chi connectivity index (χ4v) is 3.34. The number of benzene rings is 2. The molecule has 2 aromatic carbocycles. The number of guanidine groups is 1.